The van der Waals surface area contributed by atoms with Gasteiger partial charge in [0.1, 0.15) is 26.4 Å². The third-order valence-corrected chi connectivity index (χ3v) is 31.3. The quantitative estimate of drug-likeness (QED) is 0.128. The first-order chi connectivity index (χ1) is 42.7. The Morgan fingerprint density at radius 2 is 0.558 bits per heavy atom. The van der Waals surface area contributed by atoms with E-state index in [0.717, 1.165) is 48.1 Å². The molecule has 4 nitrogen and oxygen atoms in total. The monoisotopic (exact) mass is 1120 g/mol. The second kappa shape index (κ2) is 8.65. The maximum atomic E-state index is 6.63. The molecule has 0 fully saturated rings. The molecule has 0 amide bonds. The van der Waals surface area contributed by atoms with Crippen molar-refractivity contribution in [3.05, 3.63) is 44.6 Å². The molecule has 28 aromatic carbocycles. The lowest BCUT2D eigenvalue weighted by atomic mass is 9.49. The molecule has 37 rings (SSSR count). The van der Waals surface area contributed by atoms with E-state index in [1.807, 2.05) is 11.3 Å². The number of thiophene rings is 3. The van der Waals surface area contributed by atoms with Gasteiger partial charge in [-0.05, 0) is 326 Å². The molecule has 0 spiro atoms. The first-order valence-corrected chi connectivity index (χ1v) is 33.5. The third-order valence-electron chi connectivity index (χ3n) is 27.9. The van der Waals surface area contributed by atoms with Gasteiger partial charge in [-0.25, -0.2) is 0 Å². The SMILES string of the molecule is CC12c3c4c5c6c7c8c(c9c%10c1c1c3c3c%11c4c4c5c5c7c7c%12c8c8c9c9c%10c%10c1c1c3c3c%11c%11c4c4c5c7c5c7c%12c8c8c9c9c%10c1c1c3c3c%11c4c5c4c7c8c9c1c34)C62C#Cc1cc(-c2scc3c2OCCO3)sc1-c1scc2c1OCCO2. The summed E-state index contributed by atoms with van der Waals surface area (Å²) in [4.78, 5) is 4.52. The summed E-state index contributed by atoms with van der Waals surface area (Å²) in [7, 11) is 0. The van der Waals surface area contributed by atoms with Crippen LogP contribution in [0.15, 0.2) is 16.8 Å². The Morgan fingerprint density at radius 1 is 0.302 bits per heavy atom. The smallest absolute Gasteiger partial charge is 0.180 e. The molecule has 86 heavy (non-hydrogen) atoms. The first-order valence-electron chi connectivity index (χ1n) is 30.9. The van der Waals surface area contributed by atoms with E-state index in [0.29, 0.717) is 26.4 Å². The normalized spacial score (nSPS) is 21.0. The summed E-state index contributed by atoms with van der Waals surface area (Å²) in [5, 5.41) is 91.0. The molecule has 6 aliphatic rings. The summed E-state index contributed by atoms with van der Waals surface area (Å²) in [5.74, 6) is 12.6. The van der Waals surface area contributed by atoms with Crippen LogP contribution in [0.1, 0.15) is 34.7 Å². The number of benzene rings is 18. The Balaban J connectivity index is 0.913. The summed E-state index contributed by atoms with van der Waals surface area (Å²) in [6, 6.07) is 2.42. The number of fused-ring (bicyclic) bond motifs is 2. The number of hydrogen-bond donors (Lipinski definition) is 0. The minimum Gasteiger partial charge on any atom is -0.485 e. The Labute approximate surface area is 483 Å². The van der Waals surface area contributed by atoms with Crippen molar-refractivity contribution in [2.45, 2.75) is 17.8 Å². The van der Waals surface area contributed by atoms with Gasteiger partial charge in [0.25, 0.3) is 0 Å². The summed E-state index contributed by atoms with van der Waals surface area (Å²) in [6.45, 7) is 4.99. The van der Waals surface area contributed by atoms with Crippen molar-refractivity contribution in [2.75, 3.05) is 26.4 Å². The Bertz CT molecular complexity index is 8360. The zero-order chi connectivity index (χ0) is 52.0. The van der Waals surface area contributed by atoms with Gasteiger partial charge in [0, 0.05) is 21.7 Å². The van der Waals surface area contributed by atoms with Crippen molar-refractivity contribution in [2.24, 2.45) is 0 Å². The van der Waals surface area contributed by atoms with Gasteiger partial charge in [0.15, 0.2) is 23.0 Å². The number of rotatable bonds is 2. The van der Waals surface area contributed by atoms with Crippen LogP contribution in [0.4, 0.5) is 0 Å². The molecule has 2 aliphatic heterocycles. The van der Waals surface area contributed by atoms with Crippen LogP contribution in [0.5, 0.6) is 23.0 Å². The van der Waals surface area contributed by atoms with Crippen LogP contribution < -0.4 is 18.9 Å². The molecule has 372 valence electrons. The van der Waals surface area contributed by atoms with E-state index in [1.54, 1.807) is 336 Å². The van der Waals surface area contributed by atoms with E-state index in [-0.39, 0.29) is 0 Å². The molecule has 0 N–H and O–H groups in total. The largest absolute Gasteiger partial charge is 0.485 e. The zero-order valence-electron chi connectivity index (χ0n) is 43.9. The molecule has 5 heterocycles. The van der Waals surface area contributed by atoms with Gasteiger partial charge in [-0.15, -0.1) is 34.0 Å². The lowest BCUT2D eigenvalue weighted by molar-refractivity contribution is 0.174. The molecule has 0 atom stereocenters. The standard InChI is InChI=1S/C79H14O4S3/c1-78-69-61-53-43-33-25-17-15-16-19-23-21(17)29-37-31(23)41-35-27(19)28-20(16)24-22-18(15)26(25)34-40-30(22)38-32(24)42-36(28)46-45(35)57-51(41)59-49(37)55(47(53)39(29)33)63(69)65(59)71-67(57)68-58(46)52(42)60-50(38)56-48(40)54(44(34)43)62(61)70(78)64(56)66(60)72(68)79(71,78)3-2-11-8-14(76-73-12(9-84-76)80-4-6-82-73)86-75(11)77-74-13(10-85-77)81-5-7-83-74/h8-10H,4-7H2,1H3. The second-order valence-corrected chi connectivity index (χ2v) is 32.0. The minimum absolute atomic E-state index is 0.526. The highest BCUT2D eigenvalue weighted by atomic mass is 32.1. The molecule has 0 radical (unpaired) electrons. The van der Waals surface area contributed by atoms with E-state index in [4.69, 9.17) is 24.9 Å². The van der Waals surface area contributed by atoms with Crippen molar-refractivity contribution in [3.8, 4) is 54.3 Å². The molecule has 7 heteroatoms. The number of hydrogen-bond acceptors (Lipinski definition) is 7. The first kappa shape index (κ1) is 34.9. The fourth-order valence-corrected chi connectivity index (χ4v) is 30.1. The van der Waals surface area contributed by atoms with Crippen LogP contribution in [-0.2, 0) is 10.8 Å². The Kier molecular flexibility index (Phi) is 3.51. The van der Waals surface area contributed by atoms with Gasteiger partial charge in [-0.2, -0.15) is 0 Å². The minimum atomic E-state index is -0.731. The van der Waals surface area contributed by atoms with Crippen LogP contribution in [0.3, 0.4) is 0 Å². The Hall–Kier alpha value is -9.68. The van der Waals surface area contributed by atoms with Crippen molar-refractivity contribution in [3.63, 3.8) is 0 Å². The average Bonchev–Trinajstić information content (AvgIpc) is 1.39. The topological polar surface area (TPSA) is 36.9 Å². The molecular formula is C79H14O4S3. The van der Waals surface area contributed by atoms with Crippen LogP contribution in [-0.4, -0.2) is 26.4 Å². The van der Waals surface area contributed by atoms with Crippen LogP contribution in [0, 0.1) is 11.8 Å². The molecule has 0 unspecified atom stereocenters. The predicted molar refractivity (Wildman–Crippen MR) is 359 cm³/mol. The summed E-state index contributed by atoms with van der Waals surface area (Å²) >= 11 is 5.29. The van der Waals surface area contributed by atoms with Gasteiger partial charge in [0.2, 0.25) is 0 Å². The highest BCUT2D eigenvalue weighted by molar-refractivity contribution is 7.26. The van der Waals surface area contributed by atoms with Gasteiger partial charge in [-0.1, -0.05) is 11.8 Å². The molecule has 4 aliphatic carbocycles. The predicted octanol–water partition coefficient (Wildman–Crippen LogP) is 21.4. The van der Waals surface area contributed by atoms with E-state index in [2.05, 4.69) is 29.7 Å². The molecule has 3 aromatic heterocycles. The van der Waals surface area contributed by atoms with Gasteiger partial charge in [0.05, 0.1) is 24.9 Å². The van der Waals surface area contributed by atoms with Crippen molar-refractivity contribution in [1.29, 1.82) is 0 Å². The molecule has 0 bridgehead atoms. The second-order valence-electron chi connectivity index (χ2n) is 29.1. The van der Waals surface area contributed by atoms with Crippen molar-refractivity contribution >= 4 is 325 Å². The van der Waals surface area contributed by atoms with Crippen molar-refractivity contribution in [1.82, 2.24) is 0 Å². The number of ether oxygens (including phenoxy) is 4. The molecule has 0 saturated carbocycles. The third kappa shape index (κ3) is 2.17. The van der Waals surface area contributed by atoms with Gasteiger partial charge in [-0.3, -0.25) is 0 Å². The maximum Gasteiger partial charge on any atom is 0.180 e. The van der Waals surface area contributed by atoms with E-state index in [9.17, 15) is 0 Å². The maximum absolute atomic E-state index is 6.63. The average molecular weight is 1120 g/mol. The van der Waals surface area contributed by atoms with Gasteiger partial charge < -0.3 is 18.9 Å². The van der Waals surface area contributed by atoms with E-state index in [1.165, 1.54) is 0 Å². The van der Waals surface area contributed by atoms with E-state index < -0.39 is 10.8 Å². The molecule has 0 saturated heterocycles. The van der Waals surface area contributed by atoms with Crippen LogP contribution in [0.25, 0.3) is 310 Å². The summed E-state index contributed by atoms with van der Waals surface area (Å²) in [6.07, 6.45) is 0. The fourth-order valence-electron chi connectivity index (χ4n) is 26.9. The lowest BCUT2D eigenvalue weighted by Crippen LogP contribution is -2.49. The lowest BCUT2D eigenvalue weighted by Gasteiger charge is -2.49. The van der Waals surface area contributed by atoms with Crippen molar-refractivity contribution < 1.29 is 18.9 Å². The van der Waals surface area contributed by atoms with E-state index >= 15 is 0 Å². The molecular weight excluding hydrogens is 1110 g/mol. The highest BCUT2D eigenvalue weighted by Gasteiger charge is 2.68. The molecule has 31 aromatic rings. The fraction of sp³-hybridized carbons (Fsp3) is 0.0886. The zero-order valence-corrected chi connectivity index (χ0v) is 46.4. The van der Waals surface area contributed by atoms with Gasteiger partial charge >= 0.3 is 0 Å². The summed E-state index contributed by atoms with van der Waals surface area (Å²) in [5.41, 5.74) is 6.16. The highest BCUT2D eigenvalue weighted by Crippen LogP contribution is 2.84. The van der Waals surface area contributed by atoms with Crippen LogP contribution >= 0.6 is 34.0 Å². The summed E-state index contributed by atoms with van der Waals surface area (Å²) < 4.78 is 25.7. The Morgan fingerprint density at radius 3 is 0.872 bits per heavy atom. The van der Waals surface area contributed by atoms with Crippen LogP contribution in [0.2, 0.25) is 0 Å².